The van der Waals surface area contributed by atoms with Gasteiger partial charge in [-0.1, -0.05) is 6.07 Å². The molecule has 0 radical (unpaired) electrons. The van der Waals surface area contributed by atoms with Crippen LogP contribution in [0.25, 0.3) is 11.0 Å². The van der Waals surface area contributed by atoms with Gasteiger partial charge in [0.2, 0.25) is 0 Å². The summed E-state index contributed by atoms with van der Waals surface area (Å²) >= 11 is 5.86. The van der Waals surface area contributed by atoms with Crippen LogP contribution in [0.2, 0.25) is 0 Å². The molecule has 2 aromatic heterocycles. The van der Waals surface area contributed by atoms with Crippen molar-refractivity contribution in [2.24, 2.45) is 0 Å². The zero-order valence-electron chi connectivity index (χ0n) is 11.1. The van der Waals surface area contributed by atoms with Crippen LogP contribution in [0.15, 0.2) is 36.5 Å². The first-order chi connectivity index (χ1) is 10.2. The van der Waals surface area contributed by atoms with E-state index in [9.17, 15) is 8.78 Å². The van der Waals surface area contributed by atoms with Crippen molar-refractivity contribution in [1.29, 1.82) is 0 Å². The summed E-state index contributed by atoms with van der Waals surface area (Å²) in [5, 5.41) is 0. The number of hydrogen-bond acceptors (Lipinski definition) is 2. The van der Waals surface area contributed by atoms with Gasteiger partial charge in [0, 0.05) is 30.9 Å². The molecule has 21 heavy (non-hydrogen) atoms. The second-order valence-corrected chi connectivity index (χ2v) is 4.91. The van der Waals surface area contributed by atoms with Crippen molar-refractivity contribution in [3.63, 3.8) is 0 Å². The molecule has 0 amide bonds. The number of nitrogens with zero attached hydrogens (tertiary/aromatic N) is 3. The van der Waals surface area contributed by atoms with Crippen LogP contribution < -0.4 is 0 Å². The van der Waals surface area contributed by atoms with Gasteiger partial charge in [-0.2, -0.15) is 0 Å². The van der Waals surface area contributed by atoms with Gasteiger partial charge in [-0.15, -0.1) is 11.6 Å². The zero-order chi connectivity index (χ0) is 14.8. The standard InChI is InChI=1S/C15H12ClF2N3/c16-9-14-20-15-12(18)7-10(17)8-13(15)21(14)6-4-11-3-1-2-5-19-11/h1-3,5,7-8H,4,6,9H2. The molecule has 0 atom stereocenters. The third-order valence-corrected chi connectivity index (χ3v) is 3.53. The van der Waals surface area contributed by atoms with Crippen molar-refractivity contribution in [3.05, 3.63) is 59.7 Å². The average molecular weight is 308 g/mol. The second kappa shape index (κ2) is 5.77. The minimum absolute atomic E-state index is 0.137. The van der Waals surface area contributed by atoms with Crippen molar-refractivity contribution in [2.45, 2.75) is 18.8 Å². The van der Waals surface area contributed by atoms with Crippen LogP contribution in [0.3, 0.4) is 0 Å². The Bertz CT molecular complexity index is 771. The summed E-state index contributed by atoms with van der Waals surface area (Å²) in [6, 6.07) is 7.75. The maximum atomic E-state index is 13.8. The summed E-state index contributed by atoms with van der Waals surface area (Å²) in [4.78, 5) is 8.39. The number of hydrogen-bond donors (Lipinski definition) is 0. The molecule has 6 heteroatoms. The first-order valence-electron chi connectivity index (χ1n) is 6.49. The van der Waals surface area contributed by atoms with E-state index < -0.39 is 11.6 Å². The number of imidazole rings is 1. The van der Waals surface area contributed by atoms with Crippen molar-refractivity contribution < 1.29 is 8.78 Å². The normalized spacial score (nSPS) is 11.2. The monoisotopic (exact) mass is 307 g/mol. The third-order valence-electron chi connectivity index (χ3n) is 3.29. The van der Waals surface area contributed by atoms with Gasteiger partial charge >= 0.3 is 0 Å². The number of alkyl halides is 1. The number of pyridine rings is 1. The summed E-state index contributed by atoms with van der Waals surface area (Å²) in [6.45, 7) is 0.512. The van der Waals surface area contributed by atoms with Gasteiger partial charge < -0.3 is 4.57 Å². The fourth-order valence-electron chi connectivity index (χ4n) is 2.32. The number of benzene rings is 1. The summed E-state index contributed by atoms with van der Waals surface area (Å²) in [5.74, 6) is -0.641. The molecule has 0 aliphatic heterocycles. The van der Waals surface area contributed by atoms with E-state index in [1.54, 1.807) is 10.8 Å². The molecule has 0 aliphatic carbocycles. The van der Waals surface area contributed by atoms with Crippen molar-refractivity contribution in [2.75, 3.05) is 0 Å². The highest BCUT2D eigenvalue weighted by atomic mass is 35.5. The third kappa shape index (κ3) is 2.74. The molecule has 3 rings (SSSR count). The topological polar surface area (TPSA) is 30.7 Å². The smallest absolute Gasteiger partial charge is 0.153 e. The summed E-state index contributed by atoms with van der Waals surface area (Å²) < 4.78 is 28.9. The Hall–Kier alpha value is -2.01. The predicted octanol–water partition coefficient (Wildman–Crippen LogP) is 3.69. The zero-order valence-corrected chi connectivity index (χ0v) is 11.8. The molecule has 3 aromatic rings. The minimum Gasteiger partial charge on any atom is -0.326 e. The highest BCUT2D eigenvalue weighted by Gasteiger charge is 2.15. The Labute approximate surface area is 125 Å². The summed E-state index contributed by atoms with van der Waals surface area (Å²) in [7, 11) is 0. The lowest BCUT2D eigenvalue weighted by molar-refractivity contribution is 0.589. The molecule has 1 aromatic carbocycles. The number of fused-ring (bicyclic) bond motifs is 1. The fourth-order valence-corrected chi connectivity index (χ4v) is 2.53. The van der Waals surface area contributed by atoms with E-state index in [4.69, 9.17) is 11.6 Å². The maximum absolute atomic E-state index is 13.8. The quantitative estimate of drug-likeness (QED) is 0.688. The van der Waals surface area contributed by atoms with E-state index in [1.165, 1.54) is 6.07 Å². The fraction of sp³-hybridized carbons (Fsp3) is 0.200. The van der Waals surface area contributed by atoms with Gasteiger partial charge in [-0.25, -0.2) is 13.8 Å². The second-order valence-electron chi connectivity index (χ2n) is 4.64. The lowest BCUT2D eigenvalue weighted by Crippen LogP contribution is -2.06. The molecule has 0 N–H and O–H groups in total. The van der Waals surface area contributed by atoms with Crippen molar-refractivity contribution >= 4 is 22.6 Å². The molecule has 0 bridgehead atoms. The molecule has 108 valence electrons. The van der Waals surface area contributed by atoms with Crippen molar-refractivity contribution in [1.82, 2.24) is 14.5 Å². The Morgan fingerprint density at radius 2 is 2.05 bits per heavy atom. The number of aryl methyl sites for hydroxylation is 2. The van der Waals surface area contributed by atoms with Crippen LogP contribution in [0.1, 0.15) is 11.5 Å². The van der Waals surface area contributed by atoms with Crippen LogP contribution in [0.5, 0.6) is 0 Å². The summed E-state index contributed by atoms with van der Waals surface area (Å²) in [5.41, 5.74) is 1.46. The van der Waals surface area contributed by atoms with Gasteiger partial charge in [0.05, 0.1) is 11.4 Å². The molecular formula is C15H12ClF2N3. The van der Waals surface area contributed by atoms with Gasteiger partial charge in [0.25, 0.3) is 0 Å². The van der Waals surface area contributed by atoms with Crippen LogP contribution in [-0.2, 0) is 18.8 Å². The van der Waals surface area contributed by atoms with E-state index in [0.717, 1.165) is 11.8 Å². The van der Waals surface area contributed by atoms with E-state index in [0.29, 0.717) is 24.3 Å². The molecule has 0 saturated carbocycles. The Kier molecular flexibility index (Phi) is 3.84. The first kappa shape index (κ1) is 13.9. The Morgan fingerprint density at radius 3 is 2.76 bits per heavy atom. The number of halogens is 3. The largest absolute Gasteiger partial charge is 0.326 e. The summed E-state index contributed by atoms with van der Waals surface area (Å²) in [6.07, 6.45) is 2.34. The van der Waals surface area contributed by atoms with E-state index in [1.807, 2.05) is 18.2 Å². The minimum atomic E-state index is -0.673. The molecular weight excluding hydrogens is 296 g/mol. The van der Waals surface area contributed by atoms with Gasteiger partial charge in [-0.05, 0) is 18.2 Å². The Morgan fingerprint density at radius 1 is 1.19 bits per heavy atom. The number of rotatable bonds is 4. The van der Waals surface area contributed by atoms with Gasteiger partial charge in [-0.3, -0.25) is 4.98 Å². The van der Waals surface area contributed by atoms with Crippen LogP contribution in [0.4, 0.5) is 8.78 Å². The lowest BCUT2D eigenvalue weighted by Gasteiger charge is -2.07. The molecule has 0 fully saturated rings. The lowest BCUT2D eigenvalue weighted by atomic mass is 10.2. The highest BCUT2D eigenvalue weighted by molar-refractivity contribution is 6.16. The molecule has 2 heterocycles. The Balaban J connectivity index is 2.00. The van der Waals surface area contributed by atoms with E-state index in [2.05, 4.69) is 9.97 Å². The van der Waals surface area contributed by atoms with Gasteiger partial charge in [0.1, 0.15) is 17.2 Å². The molecule has 0 saturated heterocycles. The molecule has 0 aliphatic rings. The van der Waals surface area contributed by atoms with E-state index in [-0.39, 0.29) is 11.4 Å². The SMILES string of the molecule is Fc1cc(F)c2nc(CCl)n(CCc3ccccn3)c2c1. The highest BCUT2D eigenvalue weighted by Crippen LogP contribution is 2.22. The van der Waals surface area contributed by atoms with Crippen LogP contribution >= 0.6 is 11.6 Å². The maximum Gasteiger partial charge on any atom is 0.153 e. The van der Waals surface area contributed by atoms with Crippen LogP contribution in [0, 0.1) is 11.6 Å². The first-order valence-corrected chi connectivity index (χ1v) is 7.02. The van der Waals surface area contributed by atoms with Crippen LogP contribution in [-0.4, -0.2) is 14.5 Å². The molecule has 3 nitrogen and oxygen atoms in total. The van der Waals surface area contributed by atoms with E-state index >= 15 is 0 Å². The average Bonchev–Trinajstić information content (AvgIpc) is 2.84. The molecule has 0 spiro atoms. The predicted molar refractivity (Wildman–Crippen MR) is 77.1 cm³/mol. The molecule has 0 unspecified atom stereocenters. The van der Waals surface area contributed by atoms with Gasteiger partial charge in [0.15, 0.2) is 5.82 Å². The van der Waals surface area contributed by atoms with Crippen molar-refractivity contribution in [3.8, 4) is 0 Å². The number of aromatic nitrogens is 3.